The van der Waals surface area contributed by atoms with Crippen LogP contribution in [0.1, 0.15) is 33.6 Å². The zero-order valence-electron chi connectivity index (χ0n) is 11.6. The average molecular weight is 271 g/mol. The van der Waals surface area contributed by atoms with Gasteiger partial charge in [0.2, 0.25) is 0 Å². The van der Waals surface area contributed by atoms with Crippen molar-refractivity contribution in [1.29, 1.82) is 0 Å². The van der Waals surface area contributed by atoms with E-state index in [1.165, 1.54) is 0 Å². The minimum atomic E-state index is -0.922. The Balaban J connectivity index is 1.92. The van der Waals surface area contributed by atoms with Crippen molar-refractivity contribution < 1.29 is 24.2 Å². The molecular formula is C13H21NO5. The molecule has 1 amide bonds. The van der Waals surface area contributed by atoms with Crippen LogP contribution in [0, 0.1) is 5.92 Å². The van der Waals surface area contributed by atoms with Crippen molar-refractivity contribution in [2.45, 2.75) is 51.4 Å². The van der Waals surface area contributed by atoms with Gasteiger partial charge in [0.05, 0.1) is 12.6 Å². The molecule has 0 aromatic heterocycles. The van der Waals surface area contributed by atoms with Crippen LogP contribution >= 0.6 is 0 Å². The molecule has 0 aliphatic carbocycles. The summed E-state index contributed by atoms with van der Waals surface area (Å²) in [7, 11) is 0. The maximum atomic E-state index is 12.0. The van der Waals surface area contributed by atoms with Crippen LogP contribution in [0.5, 0.6) is 0 Å². The second kappa shape index (κ2) is 5.00. The average Bonchev–Trinajstić information content (AvgIpc) is 2.68. The van der Waals surface area contributed by atoms with E-state index in [2.05, 4.69) is 0 Å². The molecule has 6 heteroatoms. The van der Waals surface area contributed by atoms with Gasteiger partial charge in [-0.25, -0.2) is 9.59 Å². The topological polar surface area (TPSA) is 76.1 Å². The Labute approximate surface area is 112 Å². The molecule has 1 N–H and O–H groups in total. The van der Waals surface area contributed by atoms with Crippen LogP contribution in [-0.4, -0.2) is 53.0 Å². The second-order valence-electron chi connectivity index (χ2n) is 6.22. The SMILES string of the molecule is CC(C)(C)OC(=O)N1C[C@@H]2CC[C@@H](C(=O)O)O[C@H]2C1. The van der Waals surface area contributed by atoms with Crippen LogP contribution < -0.4 is 0 Å². The number of carbonyl (C=O) groups excluding carboxylic acids is 1. The highest BCUT2D eigenvalue weighted by molar-refractivity contribution is 5.72. The third-order valence-electron chi connectivity index (χ3n) is 3.45. The summed E-state index contributed by atoms with van der Waals surface area (Å²) in [5.74, 6) is -0.697. The molecule has 0 unspecified atom stereocenters. The molecule has 0 radical (unpaired) electrons. The van der Waals surface area contributed by atoms with Gasteiger partial charge in [-0.15, -0.1) is 0 Å². The van der Waals surface area contributed by atoms with Crippen LogP contribution in [-0.2, 0) is 14.3 Å². The maximum absolute atomic E-state index is 12.0. The molecule has 0 bridgehead atoms. The van der Waals surface area contributed by atoms with Gasteiger partial charge in [-0.1, -0.05) is 0 Å². The molecule has 2 rings (SSSR count). The number of ether oxygens (including phenoxy) is 2. The number of carboxylic acids is 1. The lowest BCUT2D eigenvalue weighted by Crippen LogP contribution is -2.39. The Morgan fingerprint density at radius 2 is 1.95 bits per heavy atom. The van der Waals surface area contributed by atoms with Gasteiger partial charge >= 0.3 is 12.1 Å². The maximum Gasteiger partial charge on any atom is 0.410 e. The van der Waals surface area contributed by atoms with E-state index in [0.717, 1.165) is 6.42 Å². The highest BCUT2D eigenvalue weighted by Gasteiger charge is 2.43. The van der Waals surface area contributed by atoms with Crippen LogP contribution in [0.2, 0.25) is 0 Å². The van der Waals surface area contributed by atoms with Crippen LogP contribution in [0.25, 0.3) is 0 Å². The fourth-order valence-electron chi connectivity index (χ4n) is 2.57. The molecule has 2 aliphatic heterocycles. The van der Waals surface area contributed by atoms with Gasteiger partial charge < -0.3 is 19.5 Å². The number of hydrogen-bond donors (Lipinski definition) is 1. The predicted octanol–water partition coefficient (Wildman–Crippen LogP) is 1.49. The van der Waals surface area contributed by atoms with E-state index in [9.17, 15) is 9.59 Å². The molecule has 19 heavy (non-hydrogen) atoms. The Bertz CT molecular complexity index is 376. The Hall–Kier alpha value is -1.30. The minimum Gasteiger partial charge on any atom is -0.479 e. The molecule has 3 atom stereocenters. The van der Waals surface area contributed by atoms with Crippen LogP contribution in [0.4, 0.5) is 4.79 Å². The third kappa shape index (κ3) is 3.37. The number of hydrogen-bond acceptors (Lipinski definition) is 4. The summed E-state index contributed by atoms with van der Waals surface area (Å²) in [6, 6.07) is 0. The van der Waals surface area contributed by atoms with E-state index >= 15 is 0 Å². The number of carboxylic acid groups (broad SMARTS) is 1. The van der Waals surface area contributed by atoms with E-state index in [1.54, 1.807) is 4.90 Å². The number of amides is 1. The quantitative estimate of drug-likeness (QED) is 0.782. The van der Waals surface area contributed by atoms with Gasteiger partial charge in [-0.3, -0.25) is 0 Å². The van der Waals surface area contributed by atoms with Gasteiger partial charge in [-0.05, 0) is 33.6 Å². The summed E-state index contributed by atoms with van der Waals surface area (Å²) in [6.45, 7) is 6.48. The van der Waals surface area contributed by atoms with E-state index < -0.39 is 17.7 Å². The first kappa shape index (κ1) is 14.1. The molecule has 2 aliphatic rings. The Morgan fingerprint density at radius 3 is 2.53 bits per heavy atom. The normalized spacial score (nSPS) is 30.9. The molecule has 0 aromatic carbocycles. The van der Waals surface area contributed by atoms with E-state index in [1.807, 2.05) is 20.8 Å². The van der Waals surface area contributed by atoms with Crippen molar-refractivity contribution in [2.75, 3.05) is 13.1 Å². The zero-order valence-corrected chi connectivity index (χ0v) is 11.6. The van der Waals surface area contributed by atoms with Gasteiger partial charge in [-0.2, -0.15) is 0 Å². The molecule has 0 aromatic rings. The van der Waals surface area contributed by atoms with Gasteiger partial charge in [0.25, 0.3) is 0 Å². The van der Waals surface area contributed by atoms with Crippen LogP contribution in [0.3, 0.4) is 0 Å². The van der Waals surface area contributed by atoms with Crippen molar-refractivity contribution in [1.82, 2.24) is 4.90 Å². The third-order valence-corrected chi connectivity index (χ3v) is 3.45. The molecule has 0 spiro atoms. The molecule has 2 saturated heterocycles. The lowest BCUT2D eigenvalue weighted by atomic mass is 9.94. The van der Waals surface area contributed by atoms with E-state index in [4.69, 9.17) is 14.6 Å². The smallest absolute Gasteiger partial charge is 0.410 e. The van der Waals surface area contributed by atoms with Crippen molar-refractivity contribution in [3.63, 3.8) is 0 Å². The lowest BCUT2D eigenvalue weighted by Gasteiger charge is -2.28. The summed E-state index contributed by atoms with van der Waals surface area (Å²) in [5, 5.41) is 8.96. The van der Waals surface area contributed by atoms with Crippen molar-refractivity contribution in [3.05, 3.63) is 0 Å². The molecular weight excluding hydrogens is 250 g/mol. The fraction of sp³-hybridized carbons (Fsp3) is 0.846. The lowest BCUT2D eigenvalue weighted by molar-refractivity contribution is -0.160. The number of carbonyl (C=O) groups is 2. The van der Waals surface area contributed by atoms with Crippen molar-refractivity contribution >= 4 is 12.1 Å². The minimum absolute atomic E-state index is 0.178. The number of aliphatic carboxylic acids is 1. The van der Waals surface area contributed by atoms with Gasteiger partial charge in [0.1, 0.15) is 5.60 Å². The highest BCUT2D eigenvalue weighted by atomic mass is 16.6. The zero-order chi connectivity index (χ0) is 14.2. The van der Waals surface area contributed by atoms with Crippen molar-refractivity contribution in [3.8, 4) is 0 Å². The monoisotopic (exact) mass is 271 g/mol. The standard InChI is InChI=1S/C13H21NO5/c1-13(2,3)19-12(17)14-6-8-4-5-9(11(15)16)18-10(8)7-14/h8-10H,4-7H2,1-3H3,(H,15,16)/t8-,9-,10-/m0/s1. The molecule has 108 valence electrons. The van der Waals surface area contributed by atoms with E-state index in [0.29, 0.717) is 19.5 Å². The number of nitrogens with zero attached hydrogens (tertiary/aromatic N) is 1. The Morgan fingerprint density at radius 1 is 1.26 bits per heavy atom. The van der Waals surface area contributed by atoms with E-state index in [-0.39, 0.29) is 18.1 Å². The number of fused-ring (bicyclic) bond motifs is 1. The highest BCUT2D eigenvalue weighted by Crippen LogP contribution is 2.32. The summed E-state index contributed by atoms with van der Waals surface area (Å²) < 4.78 is 10.9. The molecule has 2 fully saturated rings. The predicted molar refractivity (Wildman–Crippen MR) is 66.8 cm³/mol. The first-order valence-corrected chi connectivity index (χ1v) is 6.62. The Kier molecular flexibility index (Phi) is 3.71. The molecule has 2 heterocycles. The van der Waals surface area contributed by atoms with Crippen molar-refractivity contribution in [2.24, 2.45) is 5.92 Å². The first-order chi connectivity index (χ1) is 8.76. The first-order valence-electron chi connectivity index (χ1n) is 6.62. The number of rotatable bonds is 1. The summed E-state index contributed by atoms with van der Waals surface area (Å²) in [6.07, 6.45) is 0.0270. The summed E-state index contributed by atoms with van der Waals surface area (Å²) in [4.78, 5) is 24.5. The number of likely N-dealkylation sites (tertiary alicyclic amines) is 1. The molecule has 6 nitrogen and oxygen atoms in total. The molecule has 0 saturated carbocycles. The van der Waals surface area contributed by atoms with Gasteiger partial charge in [0.15, 0.2) is 6.10 Å². The van der Waals surface area contributed by atoms with Crippen LogP contribution in [0.15, 0.2) is 0 Å². The largest absolute Gasteiger partial charge is 0.479 e. The van der Waals surface area contributed by atoms with Gasteiger partial charge in [0, 0.05) is 12.5 Å². The summed E-state index contributed by atoms with van der Waals surface area (Å²) in [5.41, 5.74) is -0.519. The fourth-order valence-corrected chi connectivity index (χ4v) is 2.57. The summed E-state index contributed by atoms with van der Waals surface area (Å²) >= 11 is 0. The second-order valence-corrected chi connectivity index (χ2v) is 6.22.